The van der Waals surface area contributed by atoms with Crippen LogP contribution in [0.25, 0.3) is 0 Å². The van der Waals surface area contributed by atoms with Crippen molar-refractivity contribution in [1.82, 2.24) is 20.2 Å². The number of nitrogens with one attached hydrogen (secondary N) is 2. The van der Waals surface area contributed by atoms with Crippen LogP contribution in [0.2, 0.25) is 0 Å². The predicted octanol–water partition coefficient (Wildman–Crippen LogP) is 0.102. The quantitative estimate of drug-likeness (QED) is 0.755. The average Bonchev–Trinajstić information content (AvgIpc) is 2.30. The number of nitrogens with zero attached hydrogens (tertiary/aromatic N) is 3. The number of rotatable bonds is 4. The summed E-state index contributed by atoms with van der Waals surface area (Å²) in [7, 11) is 0. The first-order valence-electron chi connectivity index (χ1n) is 5.81. The molecule has 1 aliphatic rings. The summed E-state index contributed by atoms with van der Waals surface area (Å²) < 4.78 is 0. The van der Waals surface area contributed by atoms with Crippen molar-refractivity contribution < 1.29 is 0 Å². The number of hydrogen-bond donors (Lipinski definition) is 2. The van der Waals surface area contributed by atoms with Gasteiger partial charge in [-0.05, 0) is 13.0 Å². The normalized spacial score (nSPS) is 17.3. The fraction of sp³-hybridized carbons (Fsp3) is 0.636. The van der Waals surface area contributed by atoms with E-state index in [-0.39, 0.29) is 0 Å². The highest BCUT2D eigenvalue weighted by Gasteiger charge is 2.08. The van der Waals surface area contributed by atoms with Crippen molar-refractivity contribution in [1.29, 1.82) is 0 Å². The Labute approximate surface area is 96.3 Å². The molecule has 1 aliphatic heterocycles. The molecular weight excluding hydrogens is 202 g/mol. The molecule has 1 aromatic rings. The molecule has 1 fully saturated rings. The van der Waals surface area contributed by atoms with Crippen LogP contribution in [0.1, 0.15) is 5.69 Å². The Kier molecular flexibility index (Phi) is 4.07. The Bertz CT molecular complexity index is 322. The summed E-state index contributed by atoms with van der Waals surface area (Å²) in [5.74, 6) is 0.732. The Morgan fingerprint density at radius 1 is 1.44 bits per heavy atom. The molecule has 0 atom stereocenters. The lowest BCUT2D eigenvalue weighted by Crippen LogP contribution is -2.45. The van der Waals surface area contributed by atoms with Crippen molar-refractivity contribution in [3.05, 3.63) is 18.0 Å². The van der Waals surface area contributed by atoms with E-state index < -0.39 is 0 Å². The van der Waals surface area contributed by atoms with E-state index in [1.807, 2.05) is 13.0 Å². The number of piperazine rings is 1. The lowest BCUT2D eigenvalue weighted by Gasteiger charge is -2.27. The predicted molar refractivity (Wildman–Crippen MR) is 64.6 cm³/mol. The molecule has 16 heavy (non-hydrogen) atoms. The summed E-state index contributed by atoms with van der Waals surface area (Å²) in [4.78, 5) is 10.9. The van der Waals surface area contributed by atoms with Gasteiger partial charge in [0.1, 0.15) is 0 Å². The molecule has 5 heteroatoms. The van der Waals surface area contributed by atoms with E-state index >= 15 is 0 Å². The topological polar surface area (TPSA) is 53.1 Å². The zero-order valence-electron chi connectivity index (χ0n) is 9.74. The van der Waals surface area contributed by atoms with Crippen LogP contribution in [0.15, 0.2) is 12.3 Å². The van der Waals surface area contributed by atoms with E-state index in [0.29, 0.717) is 0 Å². The van der Waals surface area contributed by atoms with Crippen LogP contribution < -0.4 is 10.6 Å². The van der Waals surface area contributed by atoms with Gasteiger partial charge in [-0.2, -0.15) is 0 Å². The molecule has 5 nitrogen and oxygen atoms in total. The second kappa shape index (κ2) is 5.77. The molecule has 0 amide bonds. The smallest absolute Gasteiger partial charge is 0.222 e. The van der Waals surface area contributed by atoms with Crippen molar-refractivity contribution in [2.45, 2.75) is 6.92 Å². The standard InChI is InChI=1S/C11H19N5/c1-10-2-3-13-11(15-10)14-6-9-16-7-4-12-5-8-16/h2-3,12H,4-9H2,1H3,(H,13,14,15). The van der Waals surface area contributed by atoms with Gasteiger partial charge in [-0.25, -0.2) is 9.97 Å². The zero-order valence-corrected chi connectivity index (χ0v) is 9.74. The zero-order chi connectivity index (χ0) is 11.2. The van der Waals surface area contributed by atoms with Gasteiger partial charge < -0.3 is 10.6 Å². The molecule has 0 aliphatic carbocycles. The molecule has 2 heterocycles. The molecule has 0 unspecified atom stereocenters. The maximum Gasteiger partial charge on any atom is 0.222 e. The molecule has 88 valence electrons. The monoisotopic (exact) mass is 221 g/mol. The third-order valence-electron chi connectivity index (χ3n) is 2.72. The minimum atomic E-state index is 0.732. The first kappa shape index (κ1) is 11.3. The molecule has 0 radical (unpaired) electrons. The third-order valence-corrected chi connectivity index (χ3v) is 2.72. The van der Waals surface area contributed by atoms with Gasteiger partial charge in [0.15, 0.2) is 0 Å². The minimum absolute atomic E-state index is 0.732. The van der Waals surface area contributed by atoms with Gasteiger partial charge in [-0.3, -0.25) is 4.90 Å². The van der Waals surface area contributed by atoms with E-state index in [4.69, 9.17) is 0 Å². The number of aromatic nitrogens is 2. The molecule has 1 aromatic heterocycles. The summed E-state index contributed by atoms with van der Waals surface area (Å²) in [5, 5.41) is 6.59. The molecular formula is C11H19N5. The molecule has 0 saturated carbocycles. The van der Waals surface area contributed by atoms with E-state index in [9.17, 15) is 0 Å². The van der Waals surface area contributed by atoms with Crippen LogP contribution >= 0.6 is 0 Å². The number of anilines is 1. The SMILES string of the molecule is Cc1ccnc(NCCN2CCNCC2)n1. The van der Waals surface area contributed by atoms with Crippen LogP contribution in [-0.2, 0) is 0 Å². The van der Waals surface area contributed by atoms with Crippen LogP contribution in [0.3, 0.4) is 0 Å². The fourth-order valence-electron chi connectivity index (χ4n) is 1.79. The summed E-state index contributed by atoms with van der Waals surface area (Å²) >= 11 is 0. The number of aryl methyl sites for hydroxylation is 1. The second-order valence-corrected chi connectivity index (χ2v) is 4.04. The summed E-state index contributed by atoms with van der Waals surface area (Å²) in [5.41, 5.74) is 1.000. The van der Waals surface area contributed by atoms with Crippen LogP contribution in [-0.4, -0.2) is 54.1 Å². The lowest BCUT2D eigenvalue weighted by molar-refractivity contribution is 0.249. The van der Waals surface area contributed by atoms with Gasteiger partial charge in [-0.1, -0.05) is 0 Å². The third kappa shape index (κ3) is 3.43. The maximum atomic E-state index is 4.30. The highest BCUT2D eigenvalue weighted by molar-refractivity contribution is 5.24. The largest absolute Gasteiger partial charge is 0.353 e. The Hall–Kier alpha value is -1.20. The fourth-order valence-corrected chi connectivity index (χ4v) is 1.79. The van der Waals surface area contributed by atoms with E-state index in [0.717, 1.165) is 50.9 Å². The van der Waals surface area contributed by atoms with E-state index in [1.54, 1.807) is 6.20 Å². The van der Waals surface area contributed by atoms with Crippen molar-refractivity contribution >= 4 is 5.95 Å². The first-order chi connectivity index (χ1) is 7.84. The lowest BCUT2D eigenvalue weighted by atomic mass is 10.3. The Balaban J connectivity index is 1.71. The van der Waals surface area contributed by atoms with Crippen LogP contribution in [0.4, 0.5) is 5.95 Å². The summed E-state index contributed by atoms with van der Waals surface area (Å²) in [6.45, 7) is 8.40. The van der Waals surface area contributed by atoms with Gasteiger partial charge in [0.25, 0.3) is 0 Å². The number of hydrogen-bond acceptors (Lipinski definition) is 5. The molecule has 2 rings (SSSR count). The highest BCUT2D eigenvalue weighted by Crippen LogP contribution is 1.98. The molecule has 0 spiro atoms. The van der Waals surface area contributed by atoms with Crippen molar-refractivity contribution in [3.63, 3.8) is 0 Å². The van der Waals surface area contributed by atoms with Crippen LogP contribution in [0.5, 0.6) is 0 Å². The van der Waals surface area contributed by atoms with E-state index in [1.165, 1.54) is 0 Å². The average molecular weight is 221 g/mol. The van der Waals surface area contributed by atoms with Crippen molar-refractivity contribution in [2.24, 2.45) is 0 Å². The highest BCUT2D eigenvalue weighted by atomic mass is 15.2. The van der Waals surface area contributed by atoms with Gasteiger partial charge >= 0.3 is 0 Å². The van der Waals surface area contributed by atoms with Gasteiger partial charge in [0.2, 0.25) is 5.95 Å². The first-order valence-corrected chi connectivity index (χ1v) is 5.81. The molecule has 0 bridgehead atoms. The van der Waals surface area contributed by atoms with E-state index in [2.05, 4.69) is 25.5 Å². The summed E-state index contributed by atoms with van der Waals surface area (Å²) in [6.07, 6.45) is 1.79. The van der Waals surface area contributed by atoms with Gasteiger partial charge in [-0.15, -0.1) is 0 Å². The minimum Gasteiger partial charge on any atom is -0.353 e. The molecule has 2 N–H and O–H groups in total. The van der Waals surface area contributed by atoms with Gasteiger partial charge in [0, 0.05) is 51.2 Å². The second-order valence-electron chi connectivity index (χ2n) is 4.04. The van der Waals surface area contributed by atoms with Crippen LogP contribution in [0, 0.1) is 6.92 Å². The Morgan fingerprint density at radius 3 is 3.00 bits per heavy atom. The molecule has 0 aromatic carbocycles. The van der Waals surface area contributed by atoms with Crippen molar-refractivity contribution in [2.75, 3.05) is 44.6 Å². The maximum absolute atomic E-state index is 4.30. The van der Waals surface area contributed by atoms with Crippen molar-refractivity contribution in [3.8, 4) is 0 Å². The molecule has 1 saturated heterocycles. The summed E-state index contributed by atoms with van der Waals surface area (Å²) in [6, 6.07) is 1.90. The van der Waals surface area contributed by atoms with Gasteiger partial charge in [0.05, 0.1) is 0 Å². The Morgan fingerprint density at radius 2 is 2.25 bits per heavy atom.